The molecule has 4 nitrogen and oxygen atoms in total. The van der Waals surface area contributed by atoms with E-state index >= 15 is 0 Å². The number of anilines is 2. The molecule has 2 aliphatic heterocycles. The molecule has 2 aliphatic rings. The van der Waals surface area contributed by atoms with Crippen molar-refractivity contribution < 1.29 is 4.79 Å². The van der Waals surface area contributed by atoms with Gasteiger partial charge in [-0.1, -0.05) is 6.07 Å². The molecule has 5 heteroatoms. The van der Waals surface area contributed by atoms with Crippen molar-refractivity contribution >= 4 is 28.6 Å². The van der Waals surface area contributed by atoms with Gasteiger partial charge in [0, 0.05) is 35.4 Å². The van der Waals surface area contributed by atoms with Crippen LogP contribution in [0.5, 0.6) is 0 Å². The molecular formula is C22H29N3OS. The van der Waals surface area contributed by atoms with Crippen molar-refractivity contribution in [2.24, 2.45) is 0 Å². The maximum atomic E-state index is 12.8. The third kappa shape index (κ3) is 4.19. The summed E-state index contributed by atoms with van der Waals surface area (Å²) in [7, 11) is 0. The highest BCUT2D eigenvalue weighted by molar-refractivity contribution is 7.10. The zero-order valence-electron chi connectivity index (χ0n) is 16.1. The molecule has 0 saturated carbocycles. The van der Waals surface area contributed by atoms with Gasteiger partial charge in [-0.15, -0.1) is 11.3 Å². The van der Waals surface area contributed by atoms with Crippen molar-refractivity contribution in [1.82, 2.24) is 4.90 Å². The van der Waals surface area contributed by atoms with Gasteiger partial charge in [0.1, 0.15) is 0 Å². The third-order valence-electron chi connectivity index (χ3n) is 5.90. The Morgan fingerprint density at radius 1 is 1.07 bits per heavy atom. The van der Waals surface area contributed by atoms with Gasteiger partial charge in [-0.3, -0.25) is 9.69 Å². The molecule has 1 aromatic carbocycles. The third-order valence-corrected chi connectivity index (χ3v) is 6.87. The molecule has 2 saturated heterocycles. The lowest BCUT2D eigenvalue weighted by atomic mass is 10.1. The van der Waals surface area contributed by atoms with Crippen LogP contribution in [-0.2, 0) is 4.79 Å². The lowest BCUT2D eigenvalue weighted by Gasteiger charge is -2.30. The van der Waals surface area contributed by atoms with Crippen molar-refractivity contribution in [3.63, 3.8) is 0 Å². The second-order valence-corrected chi connectivity index (χ2v) is 8.65. The van der Waals surface area contributed by atoms with Crippen molar-refractivity contribution in [3.05, 3.63) is 46.7 Å². The lowest BCUT2D eigenvalue weighted by Crippen LogP contribution is -2.41. The normalized spacial score (nSPS) is 22.0. The Kier molecular flexibility index (Phi) is 5.79. The van der Waals surface area contributed by atoms with Crippen LogP contribution < -0.4 is 10.2 Å². The summed E-state index contributed by atoms with van der Waals surface area (Å²) in [6, 6.07) is 12.9. The predicted octanol–water partition coefficient (Wildman–Crippen LogP) is 4.90. The molecule has 0 unspecified atom stereocenters. The number of carbonyl (C=O) groups excluding carboxylic acids is 1. The van der Waals surface area contributed by atoms with Crippen LogP contribution in [0.15, 0.2) is 41.8 Å². The Labute approximate surface area is 166 Å². The second kappa shape index (κ2) is 8.44. The molecule has 2 atom stereocenters. The van der Waals surface area contributed by atoms with Crippen LogP contribution in [0.1, 0.15) is 49.9 Å². The number of nitrogens with zero attached hydrogens (tertiary/aromatic N) is 2. The Bertz CT molecular complexity index is 737. The summed E-state index contributed by atoms with van der Waals surface area (Å²) in [6.07, 6.45) is 6.19. The molecule has 0 spiro atoms. The largest absolute Gasteiger partial charge is 0.372 e. The Hall–Kier alpha value is -1.85. The smallest absolute Gasteiger partial charge is 0.241 e. The van der Waals surface area contributed by atoms with E-state index < -0.39 is 0 Å². The first-order valence-electron chi connectivity index (χ1n) is 10.2. The summed E-state index contributed by atoms with van der Waals surface area (Å²) >= 11 is 1.79. The fourth-order valence-corrected chi connectivity index (χ4v) is 5.23. The van der Waals surface area contributed by atoms with E-state index in [1.54, 1.807) is 11.3 Å². The molecule has 1 amide bonds. The number of hydrogen-bond donors (Lipinski definition) is 1. The van der Waals surface area contributed by atoms with E-state index in [4.69, 9.17) is 0 Å². The topological polar surface area (TPSA) is 35.6 Å². The summed E-state index contributed by atoms with van der Waals surface area (Å²) < 4.78 is 0. The standard InChI is InChI=1S/C22H29N3OS/c1-17(25-15-5-7-20(25)21-8-6-16-27-21)22(26)23-18-9-11-19(12-10-18)24-13-3-2-4-14-24/h6,8-12,16-17,20H,2-5,7,13-15H2,1H3,(H,23,26)/t17-,20-/m0/s1. The Morgan fingerprint density at radius 3 is 2.56 bits per heavy atom. The minimum atomic E-state index is -0.124. The molecule has 0 bridgehead atoms. The van der Waals surface area contributed by atoms with Gasteiger partial charge in [-0.05, 0) is 81.3 Å². The quantitative estimate of drug-likeness (QED) is 0.797. The number of amides is 1. The van der Waals surface area contributed by atoms with Crippen LogP contribution in [0, 0.1) is 0 Å². The van der Waals surface area contributed by atoms with E-state index in [-0.39, 0.29) is 11.9 Å². The van der Waals surface area contributed by atoms with Crippen molar-refractivity contribution in [3.8, 4) is 0 Å². The van der Waals surface area contributed by atoms with Gasteiger partial charge < -0.3 is 10.2 Å². The van der Waals surface area contributed by atoms with Crippen molar-refractivity contribution in [2.75, 3.05) is 29.9 Å². The molecule has 3 heterocycles. The summed E-state index contributed by atoms with van der Waals surface area (Å²) in [5.41, 5.74) is 2.15. The molecule has 0 aliphatic carbocycles. The van der Waals surface area contributed by atoms with Crippen LogP contribution >= 0.6 is 11.3 Å². The van der Waals surface area contributed by atoms with Gasteiger partial charge in [0.25, 0.3) is 0 Å². The van der Waals surface area contributed by atoms with Gasteiger partial charge in [0.15, 0.2) is 0 Å². The molecule has 144 valence electrons. The molecular weight excluding hydrogens is 354 g/mol. The first-order valence-corrected chi connectivity index (χ1v) is 11.1. The highest BCUT2D eigenvalue weighted by Crippen LogP contribution is 2.36. The van der Waals surface area contributed by atoms with E-state index in [1.165, 1.54) is 29.8 Å². The molecule has 2 fully saturated rings. The Morgan fingerprint density at radius 2 is 1.85 bits per heavy atom. The first-order chi connectivity index (χ1) is 13.2. The van der Waals surface area contributed by atoms with Gasteiger partial charge in [-0.2, -0.15) is 0 Å². The van der Waals surface area contributed by atoms with Gasteiger partial charge in [0.2, 0.25) is 5.91 Å². The number of benzene rings is 1. The van der Waals surface area contributed by atoms with Crippen LogP contribution in [0.2, 0.25) is 0 Å². The first kappa shape index (κ1) is 18.5. The van der Waals surface area contributed by atoms with Gasteiger partial charge in [-0.25, -0.2) is 0 Å². The fourth-order valence-electron chi connectivity index (χ4n) is 4.34. The van der Waals surface area contributed by atoms with E-state index in [0.717, 1.165) is 38.2 Å². The maximum Gasteiger partial charge on any atom is 0.241 e. The summed E-state index contributed by atoms with van der Waals surface area (Å²) in [5, 5.41) is 5.24. The summed E-state index contributed by atoms with van der Waals surface area (Å²) in [6.45, 7) is 5.30. The number of piperidine rings is 1. The zero-order valence-corrected chi connectivity index (χ0v) is 16.9. The molecule has 1 aromatic heterocycles. The second-order valence-electron chi connectivity index (χ2n) is 7.67. The van der Waals surface area contributed by atoms with Crippen molar-refractivity contribution in [1.29, 1.82) is 0 Å². The molecule has 0 radical (unpaired) electrons. The number of likely N-dealkylation sites (tertiary alicyclic amines) is 1. The Balaban J connectivity index is 1.38. The highest BCUT2D eigenvalue weighted by Gasteiger charge is 2.33. The SMILES string of the molecule is C[C@@H](C(=O)Nc1ccc(N2CCCCC2)cc1)N1CCC[C@H]1c1cccs1. The van der Waals surface area contributed by atoms with Crippen molar-refractivity contribution in [2.45, 2.75) is 51.1 Å². The molecule has 27 heavy (non-hydrogen) atoms. The number of rotatable bonds is 5. The monoisotopic (exact) mass is 383 g/mol. The van der Waals surface area contributed by atoms with E-state index in [9.17, 15) is 4.79 Å². The lowest BCUT2D eigenvalue weighted by molar-refractivity contribution is -0.121. The van der Waals surface area contributed by atoms with Crippen LogP contribution in [0.3, 0.4) is 0 Å². The van der Waals surface area contributed by atoms with Gasteiger partial charge in [0.05, 0.1) is 6.04 Å². The van der Waals surface area contributed by atoms with E-state index in [1.807, 2.05) is 19.1 Å². The van der Waals surface area contributed by atoms with E-state index in [0.29, 0.717) is 6.04 Å². The maximum absolute atomic E-state index is 12.8. The van der Waals surface area contributed by atoms with Crippen LogP contribution in [0.4, 0.5) is 11.4 Å². The number of carbonyl (C=O) groups is 1. The fraction of sp³-hybridized carbons (Fsp3) is 0.500. The minimum absolute atomic E-state index is 0.0872. The zero-order chi connectivity index (χ0) is 18.6. The summed E-state index contributed by atoms with van der Waals surface area (Å²) in [4.78, 5) is 19.0. The van der Waals surface area contributed by atoms with Crippen LogP contribution in [0.25, 0.3) is 0 Å². The van der Waals surface area contributed by atoms with Crippen LogP contribution in [-0.4, -0.2) is 36.5 Å². The van der Waals surface area contributed by atoms with E-state index in [2.05, 4.69) is 44.8 Å². The number of hydrogen-bond acceptors (Lipinski definition) is 4. The number of thiophene rings is 1. The molecule has 1 N–H and O–H groups in total. The van der Waals surface area contributed by atoms with Gasteiger partial charge >= 0.3 is 0 Å². The highest BCUT2D eigenvalue weighted by atomic mass is 32.1. The average Bonchev–Trinajstić information content (AvgIpc) is 3.40. The predicted molar refractivity (Wildman–Crippen MR) is 114 cm³/mol. The minimum Gasteiger partial charge on any atom is -0.372 e. The summed E-state index contributed by atoms with van der Waals surface area (Å²) in [5.74, 6) is 0.0872. The number of nitrogens with one attached hydrogen (secondary N) is 1. The average molecular weight is 384 g/mol. The molecule has 2 aromatic rings. The molecule has 4 rings (SSSR count).